The first-order valence-electron chi connectivity index (χ1n) is 5.80. The van der Waals surface area contributed by atoms with Crippen LogP contribution in [0.4, 0.5) is 0 Å². The molecule has 0 bridgehead atoms. The van der Waals surface area contributed by atoms with Crippen molar-refractivity contribution in [1.82, 2.24) is 0 Å². The zero-order chi connectivity index (χ0) is 9.84. The quantitative estimate of drug-likeness (QED) is 0.593. The fraction of sp³-hybridized carbons (Fsp3) is 1.00. The van der Waals surface area contributed by atoms with Gasteiger partial charge in [-0.1, -0.05) is 39.5 Å². The molecular formula is C12H23Cl. The van der Waals surface area contributed by atoms with E-state index in [1.54, 1.807) is 0 Å². The number of alkyl halides is 1. The van der Waals surface area contributed by atoms with E-state index in [0.29, 0.717) is 11.3 Å². The second kappa shape index (κ2) is 5.24. The molecule has 0 nitrogen and oxygen atoms in total. The van der Waals surface area contributed by atoms with Crippen LogP contribution in [-0.2, 0) is 0 Å². The highest BCUT2D eigenvalue weighted by molar-refractivity contribution is 6.20. The van der Waals surface area contributed by atoms with Crippen LogP contribution in [0.5, 0.6) is 0 Å². The minimum atomic E-state index is 0.345. The number of hydrogen-bond donors (Lipinski definition) is 0. The van der Waals surface area contributed by atoms with Gasteiger partial charge in [0.2, 0.25) is 0 Å². The molecule has 1 aliphatic rings. The average molecular weight is 203 g/mol. The van der Waals surface area contributed by atoms with Gasteiger partial charge in [0.05, 0.1) is 0 Å². The summed E-state index contributed by atoms with van der Waals surface area (Å²) < 4.78 is 0. The molecule has 4 atom stereocenters. The van der Waals surface area contributed by atoms with Crippen molar-refractivity contribution >= 4 is 11.6 Å². The van der Waals surface area contributed by atoms with Crippen molar-refractivity contribution in [3.05, 3.63) is 0 Å². The van der Waals surface area contributed by atoms with Crippen molar-refractivity contribution in [2.24, 2.45) is 17.8 Å². The predicted molar refractivity (Wildman–Crippen MR) is 60.2 cm³/mol. The van der Waals surface area contributed by atoms with E-state index < -0.39 is 0 Å². The molecule has 0 heterocycles. The second-order valence-corrected chi connectivity index (χ2v) is 5.34. The third kappa shape index (κ3) is 2.87. The molecule has 0 aromatic carbocycles. The first-order valence-corrected chi connectivity index (χ1v) is 6.24. The first-order chi connectivity index (χ1) is 6.16. The Morgan fingerprint density at radius 1 is 1.23 bits per heavy atom. The van der Waals surface area contributed by atoms with Gasteiger partial charge in [-0.05, 0) is 31.1 Å². The standard InChI is InChI=1S/C12H23Cl/c1-4-11-7-5-6-8-12(11)9(2)10(3)13/h9-12H,4-8H2,1-3H3. The Labute approximate surface area is 88.1 Å². The van der Waals surface area contributed by atoms with E-state index in [4.69, 9.17) is 11.6 Å². The van der Waals surface area contributed by atoms with Gasteiger partial charge in [0.25, 0.3) is 0 Å². The highest BCUT2D eigenvalue weighted by Crippen LogP contribution is 2.39. The molecular weight excluding hydrogens is 180 g/mol. The van der Waals surface area contributed by atoms with Gasteiger partial charge in [0.1, 0.15) is 0 Å². The maximum absolute atomic E-state index is 6.18. The van der Waals surface area contributed by atoms with Crippen molar-refractivity contribution in [2.75, 3.05) is 0 Å². The molecule has 1 rings (SSSR count). The molecule has 0 amide bonds. The molecule has 0 aliphatic heterocycles. The minimum absolute atomic E-state index is 0.345. The molecule has 0 N–H and O–H groups in total. The highest BCUT2D eigenvalue weighted by atomic mass is 35.5. The van der Waals surface area contributed by atoms with Crippen molar-refractivity contribution in [2.45, 2.75) is 58.3 Å². The largest absolute Gasteiger partial charge is 0.123 e. The number of halogens is 1. The molecule has 1 aliphatic carbocycles. The second-order valence-electron chi connectivity index (χ2n) is 4.65. The lowest BCUT2D eigenvalue weighted by molar-refractivity contribution is 0.164. The van der Waals surface area contributed by atoms with E-state index in [9.17, 15) is 0 Å². The third-order valence-corrected chi connectivity index (χ3v) is 4.29. The van der Waals surface area contributed by atoms with Gasteiger partial charge in [-0.3, -0.25) is 0 Å². The maximum atomic E-state index is 6.18. The lowest BCUT2D eigenvalue weighted by Crippen LogP contribution is -2.29. The van der Waals surface area contributed by atoms with E-state index in [1.165, 1.54) is 32.1 Å². The zero-order valence-corrected chi connectivity index (χ0v) is 9.98. The molecule has 0 aromatic rings. The third-order valence-electron chi connectivity index (χ3n) is 3.89. The van der Waals surface area contributed by atoms with Crippen molar-refractivity contribution in [3.8, 4) is 0 Å². The molecule has 1 saturated carbocycles. The molecule has 1 fully saturated rings. The van der Waals surface area contributed by atoms with Crippen molar-refractivity contribution in [1.29, 1.82) is 0 Å². The van der Waals surface area contributed by atoms with Crippen LogP contribution in [-0.4, -0.2) is 5.38 Å². The molecule has 4 unspecified atom stereocenters. The molecule has 78 valence electrons. The summed E-state index contributed by atoms with van der Waals surface area (Å²) in [5.41, 5.74) is 0. The van der Waals surface area contributed by atoms with Gasteiger partial charge in [-0.25, -0.2) is 0 Å². The van der Waals surface area contributed by atoms with E-state index >= 15 is 0 Å². The molecule has 0 spiro atoms. The average Bonchev–Trinajstić information content (AvgIpc) is 2.16. The van der Waals surface area contributed by atoms with Gasteiger partial charge in [0, 0.05) is 5.38 Å². The Morgan fingerprint density at radius 3 is 2.38 bits per heavy atom. The van der Waals surface area contributed by atoms with Crippen LogP contribution in [0.1, 0.15) is 52.9 Å². The Hall–Kier alpha value is 0.290. The first kappa shape index (κ1) is 11.4. The summed E-state index contributed by atoms with van der Waals surface area (Å²) in [5, 5.41) is 0.345. The molecule has 0 radical (unpaired) electrons. The normalized spacial score (nSPS) is 34.2. The van der Waals surface area contributed by atoms with Crippen LogP contribution in [0.3, 0.4) is 0 Å². The smallest absolute Gasteiger partial charge is 0.0336 e. The van der Waals surface area contributed by atoms with Gasteiger partial charge < -0.3 is 0 Å². The van der Waals surface area contributed by atoms with E-state index in [-0.39, 0.29) is 0 Å². The Morgan fingerprint density at radius 2 is 1.85 bits per heavy atom. The fourth-order valence-electron chi connectivity index (χ4n) is 2.78. The van der Waals surface area contributed by atoms with Crippen molar-refractivity contribution < 1.29 is 0 Å². The zero-order valence-electron chi connectivity index (χ0n) is 9.22. The van der Waals surface area contributed by atoms with E-state index in [0.717, 1.165) is 11.8 Å². The summed E-state index contributed by atoms with van der Waals surface area (Å²) in [6, 6.07) is 0. The van der Waals surface area contributed by atoms with E-state index in [2.05, 4.69) is 20.8 Å². The van der Waals surface area contributed by atoms with Crippen LogP contribution in [0.25, 0.3) is 0 Å². The highest BCUT2D eigenvalue weighted by Gasteiger charge is 2.30. The lowest BCUT2D eigenvalue weighted by atomic mass is 9.71. The Balaban J connectivity index is 2.53. The van der Waals surface area contributed by atoms with Crippen molar-refractivity contribution in [3.63, 3.8) is 0 Å². The predicted octanol–water partition coefficient (Wildman–Crippen LogP) is 4.47. The van der Waals surface area contributed by atoms with Crippen LogP contribution < -0.4 is 0 Å². The van der Waals surface area contributed by atoms with Crippen LogP contribution in [0, 0.1) is 17.8 Å². The number of rotatable bonds is 3. The summed E-state index contributed by atoms with van der Waals surface area (Å²) in [6.07, 6.45) is 7.07. The molecule has 1 heteroatoms. The summed E-state index contributed by atoms with van der Waals surface area (Å²) in [4.78, 5) is 0. The van der Waals surface area contributed by atoms with Gasteiger partial charge >= 0.3 is 0 Å². The number of hydrogen-bond acceptors (Lipinski definition) is 0. The Kier molecular flexibility index (Phi) is 4.58. The summed E-state index contributed by atoms with van der Waals surface area (Å²) in [7, 11) is 0. The SMILES string of the molecule is CCC1CCCCC1C(C)C(C)Cl. The van der Waals surface area contributed by atoms with Gasteiger partial charge in [-0.2, -0.15) is 0 Å². The van der Waals surface area contributed by atoms with Crippen LogP contribution in [0.15, 0.2) is 0 Å². The summed E-state index contributed by atoms with van der Waals surface area (Å²) in [6.45, 7) is 6.80. The lowest BCUT2D eigenvalue weighted by Gasteiger charge is -2.36. The molecule has 13 heavy (non-hydrogen) atoms. The van der Waals surface area contributed by atoms with Crippen LogP contribution in [0.2, 0.25) is 0 Å². The van der Waals surface area contributed by atoms with Crippen LogP contribution >= 0.6 is 11.6 Å². The fourth-order valence-corrected chi connectivity index (χ4v) is 2.96. The summed E-state index contributed by atoms with van der Waals surface area (Å²) in [5.74, 6) is 2.54. The minimum Gasteiger partial charge on any atom is -0.123 e. The van der Waals surface area contributed by atoms with Gasteiger partial charge in [0.15, 0.2) is 0 Å². The molecule has 0 saturated heterocycles. The molecule has 0 aromatic heterocycles. The Bertz CT molecular complexity index is 140. The van der Waals surface area contributed by atoms with Gasteiger partial charge in [-0.15, -0.1) is 11.6 Å². The van der Waals surface area contributed by atoms with E-state index in [1.807, 2.05) is 0 Å². The maximum Gasteiger partial charge on any atom is 0.0336 e. The monoisotopic (exact) mass is 202 g/mol. The summed E-state index contributed by atoms with van der Waals surface area (Å²) >= 11 is 6.18. The topological polar surface area (TPSA) is 0 Å².